The van der Waals surface area contributed by atoms with Gasteiger partial charge in [-0.15, -0.1) is 0 Å². The van der Waals surface area contributed by atoms with Crippen molar-refractivity contribution in [1.82, 2.24) is 9.78 Å². The smallest absolute Gasteiger partial charge is 0.257 e. The van der Waals surface area contributed by atoms with Gasteiger partial charge in [-0.2, -0.15) is 5.10 Å². The Hall–Kier alpha value is -4.19. The third-order valence-corrected chi connectivity index (χ3v) is 5.23. The van der Waals surface area contributed by atoms with Crippen molar-refractivity contribution in [1.29, 1.82) is 0 Å². The van der Waals surface area contributed by atoms with Crippen LogP contribution in [0.4, 0.5) is 11.4 Å². The number of para-hydroxylation sites is 2. The summed E-state index contributed by atoms with van der Waals surface area (Å²) < 4.78 is 1.80. The van der Waals surface area contributed by atoms with E-state index in [1.165, 1.54) is 0 Å². The quantitative estimate of drug-likeness (QED) is 0.456. The van der Waals surface area contributed by atoms with Gasteiger partial charge in [0.1, 0.15) is 0 Å². The lowest BCUT2D eigenvalue weighted by Crippen LogP contribution is -2.18. The molecule has 0 aliphatic heterocycles. The van der Waals surface area contributed by atoms with Crippen molar-refractivity contribution in [3.05, 3.63) is 107 Å². The minimum Gasteiger partial charge on any atom is -0.321 e. The van der Waals surface area contributed by atoms with Gasteiger partial charge in [0.05, 0.1) is 34.0 Å². The van der Waals surface area contributed by atoms with Crippen molar-refractivity contribution >= 4 is 23.2 Å². The van der Waals surface area contributed by atoms with Crippen molar-refractivity contribution in [2.45, 2.75) is 20.8 Å². The Balaban J connectivity index is 1.59. The average Bonchev–Trinajstić information content (AvgIpc) is 3.08. The lowest BCUT2D eigenvalue weighted by molar-refractivity contribution is 0.102. The van der Waals surface area contributed by atoms with Crippen molar-refractivity contribution in [2.24, 2.45) is 0 Å². The van der Waals surface area contributed by atoms with Crippen LogP contribution in [-0.2, 0) is 0 Å². The molecule has 6 heteroatoms. The number of nitrogens with zero attached hydrogens (tertiary/aromatic N) is 2. The van der Waals surface area contributed by atoms with Crippen LogP contribution in [0, 0.1) is 20.8 Å². The number of rotatable bonds is 5. The molecule has 1 heterocycles. The van der Waals surface area contributed by atoms with Crippen LogP contribution in [0.15, 0.2) is 78.9 Å². The number of benzene rings is 3. The van der Waals surface area contributed by atoms with E-state index in [0.717, 1.165) is 16.9 Å². The second kappa shape index (κ2) is 8.89. The van der Waals surface area contributed by atoms with Crippen LogP contribution in [-0.4, -0.2) is 21.6 Å². The van der Waals surface area contributed by atoms with Crippen molar-refractivity contribution in [3.8, 4) is 5.69 Å². The summed E-state index contributed by atoms with van der Waals surface area (Å²) in [5, 5.41) is 10.4. The Labute approximate surface area is 186 Å². The van der Waals surface area contributed by atoms with Crippen molar-refractivity contribution < 1.29 is 9.59 Å². The fraction of sp³-hybridized carbons (Fsp3) is 0.115. The van der Waals surface area contributed by atoms with E-state index in [1.807, 2.05) is 69.3 Å². The Morgan fingerprint density at radius 1 is 0.781 bits per heavy atom. The van der Waals surface area contributed by atoms with E-state index >= 15 is 0 Å². The number of hydrogen-bond acceptors (Lipinski definition) is 3. The van der Waals surface area contributed by atoms with Crippen LogP contribution >= 0.6 is 0 Å². The van der Waals surface area contributed by atoms with Gasteiger partial charge in [-0.3, -0.25) is 9.59 Å². The number of amides is 2. The van der Waals surface area contributed by atoms with Crippen LogP contribution in [0.2, 0.25) is 0 Å². The van der Waals surface area contributed by atoms with Gasteiger partial charge in [0.2, 0.25) is 0 Å². The Kier molecular flexibility index (Phi) is 5.85. The highest BCUT2D eigenvalue weighted by atomic mass is 16.2. The Bertz CT molecular complexity index is 1290. The van der Waals surface area contributed by atoms with Crippen LogP contribution in [0.25, 0.3) is 5.69 Å². The summed E-state index contributed by atoms with van der Waals surface area (Å²) in [5.74, 6) is -0.581. The molecule has 32 heavy (non-hydrogen) atoms. The Morgan fingerprint density at radius 3 is 2.25 bits per heavy atom. The summed E-state index contributed by atoms with van der Waals surface area (Å²) in [4.78, 5) is 25.9. The molecule has 6 nitrogen and oxygen atoms in total. The van der Waals surface area contributed by atoms with Crippen molar-refractivity contribution in [3.63, 3.8) is 0 Å². The van der Waals surface area contributed by atoms with E-state index in [2.05, 4.69) is 15.7 Å². The fourth-order valence-electron chi connectivity index (χ4n) is 3.60. The molecule has 4 rings (SSSR count). The molecule has 0 bridgehead atoms. The van der Waals surface area contributed by atoms with Gasteiger partial charge in [0.15, 0.2) is 0 Å². The van der Waals surface area contributed by atoms with Gasteiger partial charge in [-0.1, -0.05) is 48.0 Å². The summed E-state index contributed by atoms with van der Waals surface area (Å²) in [6.07, 6.45) is 0. The monoisotopic (exact) mass is 424 g/mol. The van der Waals surface area contributed by atoms with E-state index in [-0.39, 0.29) is 11.8 Å². The molecular formula is C26H24N4O2. The predicted octanol–water partition coefficient (Wildman–Crippen LogP) is 5.30. The highest BCUT2D eigenvalue weighted by Gasteiger charge is 2.19. The van der Waals surface area contributed by atoms with Gasteiger partial charge in [0, 0.05) is 5.56 Å². The molecule has 0 saturated heterocycles. The van der Waals surface area contributed by atoms with Crippen molar-refractivity contribution in [2.75, 3.05) is 10.6 Å². The first kappa shape index (κ1) is 21.1. The van der Waals surface area contributed by atoms with Crippen LogP contribution in [0.3, 0.4) is 0 Å². The zero-order chi connectivity index (χ0) is 22.7. The molecule has 3 aromatic carbocycles. The number of carbonyl (C=O) groups excluding carboxylic acids is 2. The van der Waals surface area contributed by atoms with Gasteiger partial charge in [-0.25, -0.2) is 4.68 Å². The molecule has 1 aromatic heterocycles. The average molecular weight is 425 g/mol. The second-order valence-corrected chi connectivity index (χ2v) is 7.62. The lowest BCUT2D eigenvalue weighted by atomic mass is 10.1. The molecule has 0 fully saturated rings. The van der Waals surface area contributed by atoms with E-state index in [4.69, 9.17) is 0 Å². The number of nitrogens with one attached hydrogen (secondary N) is 2. The standard InChI is InChI=1S/C26H24N4O2/c1-17-10-9-11-20(16-17)25(31)27-23-15-8-7-14-22(23)26(32)28-24-18(2)29-30(19(24)3)21-12-5-4-6-13-21/h4-16H,1-3H3,(H,27,31)(H,28,32). The number of aromatic nitrogens is 2. The summed E-state index contributed by atoms with van der Waals surface area (Å²) >= 11 is 0. The number of anilines is 2. The first-order valence-corrected chi connectivity index (χ1v) is 10.3. The predicted molar refractivity (Wildman–Crippen MR) is 127 cm³/mol. The minimum atomic E-state index is -0.316. The molecule has 160 valence electrons. The number of carbonyl (C=O) groups is 2. The summed E-state index contributed by atoms with van der Waals surface area (Å²) in [6.45, 7) is 5.69. The van der Waals surface area contributed by atoms with Gasteiger partial charge in [0.25, 0.3) is 11.8 Å². The molecule has 0 aliphatic rings. The molecule has 0 atom stereocenters. The molecule has 0 unspecified atom stereocenters. The van der Waals surface area contributed by atoms with E-state index in [1.54, 1.807) is 35.0 Å². The molecule has 2 amide bonds. The highest BCUT2D eigenvalue weighted by Crippen LogP contribution is 2.25. The zero-order valence-corrected chi connectivity index (χ0v) is 18.2. The maximum absolute atomic E-state index is 13.2. The molecule has 2 N–H and O–H groups in total. The van der Waals surface area contributed by atoms with Gasteiger partial charge < -0.3 is 10.6 Å². The first-order chi connectivity index (χ1) is 15.4. The first-order valence-electron chi connectivity index (χ1n) is 10.3. The number of hydrogen-bond donors (Lipinski definition) is 2. The summed E-state index contributed by atoms with van der Waals surface area (Å²) in [5.41, 5.74) is 5.45. The van der Waals surface area contributed by atoms with Crippen LogP contribution in [0.5, 0.6) is 0 Å². The maximum Gasteiger partial charge on any atom is 0.257 e. The lowest BCUT2D eigenvalue weighted by Gasteiger charge is -2.12. The van der Waals surface area contributed by atoms with E-state index in [9.17, 15) is 9.59 Å². The molecule has 0 spiro atoms. The zero-order valence-electron chi connectivity index (χ0n) is 18.2. The maximum atomic E-state index is 13.2. The highest BCUT2D eigenvalue weighted by molar-refractivity contribution is 6.12. The van der Waals surface area contributed by atoms with Gasteiger partial charge >= 0.3 is 0 Å². The molecule has 4 aromatic rings. The normalized spacial score (nSPS) is 10.6. The summed E-state index contributed by atoms with van der Waals surface area (Å²) in [6, 6.07) is 24.0. The molecule has 0 saturated carbocycles. The third-order valence-electron chi connectivity index (χ3n) is 5.23. The second-order valence-electron chi connectivity index (χ2n) is 7.62. The van der Waals surface area contributed by atoms with Crippen LogP contribution in [0.1, 0.15) is 37.7 Å². The molecular weight excluding hydrogens is 400 g/mol. The summed E-state index contributed by atoms with van der Waals surface area (Å²) in [7, 11) is 0. The third kappa shape index (κ3) is 4.30. The Morgan fingerprint density at radius 2 is 1.50 bits per heavy atom. The number of aryl methyl sites for hydroxylation is 2. The van der Waals surface area contributed by atoms with E-state index in [0.29, 0.717) is 28.2 Å². The topological polar surface area (TPSA) is 76.0 Å². The van der Waals surface area contributed by atoms with Gasteiger partial charge in [-0.05, 0) is 57.2 Å². The van der Waals surface area contributed by atoms with Crippen LogP contribution < -0.4 is 10.6 Å². The minimum absolute atomic E-state index is 0.266. The largest absolute Gasteiger partial charge is 0.321 e. The fourth-order valence-corrected chi connectivity index (χ4v) is 3.60. The van der Waals surface area contributed by atoms with E-state index < -0.39 is 0 Å². The molecule has 0 aliphatic carbocycles. The SMILES string of the molecule is Cc1cccc(C(=O)Nc2ccccc2C(=O)Nc2c(C)nn(-c3ccccc3)c2C)c1. The molecule has 0 radical (unpaired) electrons.